The Balaban J connectivity index is 1.51. The Hall–Kier alpha value is -2.33. The van der Waals surface area contributed by atoms with E-state index in [-0.39, 0.29) is 11.9 Å². The van der Waals surface area contributed by atoms with Crippen LogP contribution < -0.4 is 4.74 Å². The number of hydrogen-bond donors (Lipinski definition) is 0. The first kappa shape index (κ1) is 20.4. The largest absolute Gasteiger partial charge is 0.496 e. The smallest absolute Gasteiger partial charge is 0.239 e. The molecule has 0 saturated carbocycles. The summed E-state index contributed by atoms with van der Waals surface area (Å²) < 4.78 is 5.44. The summed E-state index contributed by atoms with van der Waals surface area (Å²) in [7, 11) is 3.70. The molecule has 2 aromatic carbocycles. The standard InChI is InChI=1S/C24H32N2O2/c1-19(25(2)18-22-11-7-8-12-23(22)28-3)24(27)26-15-13-21(14-16-26)17-20-9-5-4-6-10-20/h4-12,19,21H,13-18H2,1-3H3. The maximum Gasteiger partial charge on any atom is 0.239 e. The number of likely N-dealkylation sites (tertiary alicyclic amines) is 1. The third-order valence-electron chi connectivity index (χ3n) is 5.92. The lowest BCUT2D eigenvalue weighted by atomic mass is 9.90. The molecule has 2 aromatic rings. The average molecular weight is 381 g/mol. The van der Waals surface area contributed by atoms with Crippen molar-refractivity contribution < 1.29 is 9.53 Å². The molecule has 4 heteroatoms. The monoisotopic (exact) mass is 380 g/mol. The van der Waals surface area contributed by atoms with Crippen LogP contribution in [-0.2, 0) is 17.8 Å². The van der Waals surface area contributed by atoms with Crippen LogP contribution in [0.4, 0.5) is 0 Å². The first-order valence-corrected chi connectivity index (χ1v) is 10.2. The Kier molecular flexibility index (Phi) is 7.10. The number of amides is 1. The van der Waals surface area contributed by atoms with Crippen LogP contribution >= 0.6 is 0 Å². The maximum atomic E-state index is 13.0. The van der Waals surface area contributed by atoms with E-state index in [0.29, 0.717) is 12.5 Å². The van der Waals surface area contributed by atoms with Gasteiger partial charge in [0.1, 0.15) is 5.75 Å². The second kappa shape index (κ2) is 9.74. The number of rotatable bonds is 7. The highest BCUT2D eigenvalue weighted by Gasteiger charge is 2.28. The number of para-hydroxylation sites is 1. The molecule has 1 aliphatic rings. The summed E-state index contributed by atoms with van der Waals surface area (Å²) in [5.74, 6) is 1.78. The van der Waals surface area contributed by atoms with E-state index >= 15 is 0 Å². The molecule has 28 heavy (non-hydrogen) atoms. The van der Waals surface area contributed by atoms with Crippen LogP contribution in [0.15, 0.2) is 54.6 Å². The molecule has 0 aromatic heterocycles. The molecule has 0 radical (unpaired) electrons. The highest BCUT2D eigenvalue weighted by molar-refractivity contribution is 5.81. The molecular formula is C24H32N2O2. The van der Waals surface area contributed by atoms with Gasteiger partial charge in [-0.1, -0.05) is 48.5 Å². The lowest BCUT2D eigenvalue weighted by Crippen LogP contribution is -2.48. The molecule has 0 N–H and O–H groups in total. The number of likely N-dealkylation sites (N-methyl/N-ethyl adjacent to an activating group) is 1. The van der Waals surface area contributed by atoms with Crippen molar-refractivity contribution in [3.63, 3.8) is 0 Å². The number of hydrogen-bond acceptors (Lipinski definition) is 3. The summed E-state index contributed by atoms with van der Waals surface area (Å²) in [5, 5.41) is 0. The van der Waals surface area contributed by atoms with Crippen LogP contribution in [0, 0.1) is 5.92 Å². The topological polar surface area (TPSA) is 32.8 Å². The first-order chi connectivity index (χ1) is 13.6. The summed E-state index contributed by atoms with van der Waals surface area (Å²) >= 11 is 0. The minimum Gasteiger partial charge on any atom is -0.496 e. The lowest BCUT2D eigenvalue weighted by Gasteiger charge is -2.36. The van der Waals surface area contributed by atoms with Gasteiger partial charge in [0.05, 0.1) is 13.2 Å². The Morgan fingerprint density at radius 2 is 1.75 bits per heavy atom. The number of piperidine rings is 1. The summed E-state index contributed by atoms with van der Waals surface area (Å²) in [6, 6.07) is 18.5. The molecule has 1 amide bonds. The molecule has 0 bridgehead atoms. The highest BCUT2D eigenvalue weighted by atomic mass is 16.5. The zero-order chi connectivity index (χ0) is 19.9. The van der Waals surface area contributed by atoms with Gasteiger partial charge in [-0.25, -0.2) is 0 Å². The summed E-state index contributed by atoms with van der Waals surface area (Å²) in [6.07, 6.45) is 3.29. The van der Waals surface area contributed by atoms with Crippen LogP contribution in [0.25, 0.3) is 0 Å². The van der Waals surface area contributed by atoms with E-state index < -0.39 is 0 Å². The second-order valence-electron chi connectivity index (χ2n) is 7.86. The van der Waals surface area contributed by atoms with E-state index in [9.17, 15) is 4.79 Å². The summed E-state index contributed by atoms with van der Waals surface area (Å²) in [5.41, 5.74) is 2.51. The van der Waals surface area contributed by atoms with Gasteiger partial charge in [-0.2, -0.15) is 0 Å². The van der Waals surface area contributed by atoms with Gasteiger partial charge in [0.2, 0.25) is 5.91 Å². The van der Waals surface area contributed by atoms with Gasteiger partial charge in [-0.05, 0) is 50.8 Å². The Morgan fingerprint density at radius 3 is 2.43 bits per heavy atom. The molecule has 1 saturated heterocycles. The highest BCUT2D eigenvalue weighted by Crippen LogP contribution is 2.24. The van der Waals surface area contributed by atoms with Crippen molar-refractivity contribution in [1.82, 2.24) is 9.80 Å². The average Bonchev–Trinajstić information content (AvgIpc) is 2.74. The van der Waals surface area contributed by atoms with E-state index in [2.05, 4.69) is 41.3 Å². The fourth-order valence-corrected chi connectivity index (χ4v) is 4.00. The van der Waals surface area contributed by atoms with Gasteiger partial charge >= 0.3 is 0 Å². The van der Waals surface area contributed by atoms with Gasteiger partial charge in [0.15, 0.2) is 0 Å². The van der Waals surface area contributed by atoms with Crippen molar-refractivity contribution in [2.24, 2.45) is 5.92 Å². The lowest BCUT2D eigenvalue weighted by molar-refractivity contribution is -0.137. The number of ether oxygens (including phenoxy) is 1. The molecule has 0 aliphatic carbocycles. The zero-order valence-corrected chi connectivity index (χ0v) is 17.3. The van der Waals surface area contributed by atoms with E-state index in [1.54, 1.807) is 7.11 Å². The fourth-order valence-electron chi connectivity index (χ4n) is 4.00. The van der Waals surface area contributed by atoms with E-state index in [0.717, 1.165) is 43.7 Å². The predicted octanol–water partition coefficient (Wildman–Crippen LogP) is 4.00. The molecule has 150 valence electrons. The van der Waals surface area contributed by atoms with Crippen molar-refractivity contribution in [3.05, 3.63) is 65.7 Å². The van der Waals surface area contributed by atoms with E-state index in [1.807, 2.05) is 37.1 Å². The van der Waals surface area contributed by atoms with Crippen molar-refractivity contribution >= 4 is 5.91 Å². The van der Waals surface area contributed by atoms with Gasteiger partial charge in [-0.3, -0.25) is 9.69 Å². The van der Waals surface area contributed by atoms with E-state index in [1.165, 1.54) is 5.56 Å². The maximum absolute atomic E-state index is 13.0. The minimum absolute atomic E-state index is 0.143. The third-order valence-corrected chi connectivity index (χ3v) is 5.92. The van der Waals surface area contributed by atoms with Gasteiger partial charge in [0, 0.05) is 25.2 Å². The SMILES string of the molecule is COc1ccccc1CN(C)C(C)C(=O)N1CCC(Cc2ccccc2)CC1. The molecule has 1 fully saturated rings. The van der Waals surface area contributed by atoms with Crippen molar-refractivity contribution in [1.29, 1.82) is 0 Å². The minimum atomic E-state index is -0.143. The number of carbonyl (C=O) groups is 1. The number of carbonyl (C=O) groups excluding carboxylic acids is 1. The molecule has 4 nitrogen and oxygen atoms in total. The van der Waals surface area contributed by atoms with Crippen molar-refractivity contribution in [2.75, 3.05) is 27.2 Å². The molecular weight excluding hydrogens is 348 g/mol. The normalized spacial score (nSPS) is 16.2. The summed E-state index contributed by atoms with van der Waals surface area (Å²) in [6.45, 7) is 4.43. The molecule has 0 spiro atoms. The fraction of sp³-hybridized carbons (Fsp3) is 0.458. The number of methoxy groups -OCH3 is 1. The van der Waals surface area contributed by atoms with Gasteiger partial charge in [0.25, 0.3) is 0 Å². The zero-order valence-electron chi connectivity index (χ0n) is 17.3. The molecule has 1 heterocycles. The van der Waals surface area contributed by atoms with Crippen molar-refractivity contribution in [3.8, 4) is 5.75 Å². The molecule has 3 rings (SSSR count). The molecule has 1 atom stereocenters. The summed E-state index contributed by atoms with van der Waals surface area (Å²) in [4.78, 5) is 17.2. The van der Waals surface area contributed by atoms with Crippen LogP contribution in [0.5, 0.6) is 5.75 Å². The quantitative estimate of drug-likeness (QED) is 0.728. The van der Waals surface area contributed by atoms with Crippen LogP contribution in [-0.4, -0.2) is 49.0 Å². The van der Waals surface area contributed by atoms with Gasteiger partial charge in [-0.15, -0.1) is 0 Å². The molecule has 1 aliphatic heterocycles. The molecule has 1 unspecified atom stereocenters. The van der Waals surface area contributed by atoms with Crippen LogP contribution in [0.2, 0.25) is 0 Å². The van der Waals surface area contributed by atoms with Crippen LogP contribution in [0.1, 0.15) is 30.9 Å². The predicted molar refractivity (Wildman–Crippen MR) is 113 cm³/mol. The first-order valence-electron chi connectivity index (χ1n) is 10.2. The number of nitrogens with zero attached hydrogens (tertiary/aromatic N) is 2. The Bertz CT molecular complexity index is 754. The van der Waals surface area contributed by atoms with E-state index in [4.69, 9.17) is 4.74 Å². The van der Waals surface area contributed by atoms with Gasteiger partial charge < -0.3 is 9.64 Å². The third kappa shape index (κ3) is 5.14. The number of benzene rings is 2. The Labute approximate surface area is 169 Å². The van der Waals surface area contributed by atoms with Crippen LogP contribution in [0.3, 0.4) is 0 Å². The van der Waals surface area contributed by atoms with Crippen molar-refractivity contribution in [2.45, 2.75) is 38.8 Å². The second-order valence-corrected chi connectivity index (χ2v) is 7.86. The Morgan fingerprint density at radius 1 is 1.11 bits per heavy atom.